The van der Waals surface area contributed by atoms with Crippen LogP contribution in [0, 0.1) is 0 Å². The molecule has 0 aromatic heterocycles. The molecule has 0 N–H and O–H groups in total. The Kier molecular flexibility index (Phi) is 7.11. The van der Waals surface area contributed by atoms with Crippen LogP contribution in [-0.4, -0.2) is 77.2 Å². The highest BCUT2D eigenvalue weighted by Crippen LogP contribution is 2.38. The van der Waals surface area contributed by atoms with Crippen LogP contribution in [0.15, 0.2) is 12.1 Å². The van der Waals surface area contributed by atoms with Crippen LogP contribution in [0.2, 0.25) is 0 Å². The van der Waals surface area contributed by atoms with Crippen molar-refractivity contribution in [3.05, 3.63) is 17.7 Å². The molecular weight excluding hydrogens is 390 g/mol. The van der Waals surface area contributed by atoms with Crippen molar-refractivity contribution in [2.45, 2.75) is 19.4 Å². The van der Waals surface area contributed by atoms with Gasteiger partial charge in [0.2, 0.25) is 5.75 Å². The summed E-state index contributed by atoms with van der Waals surface area (Å²) in [7, 11) is 1.17. The number of benzene rings is 1. The lowest BCUT2D eigenvalue weighted by Gasteiger charge is -2.26. The van der Waals surface area contributed by atoms with E-state index in [1.807, 2.05) is 0 Å². The SMILES string of the molecule is CCN(C(=O)COC(=O)c1cc(OC)c(OC)c(OC)c1)[C@@H]1CCS(=O)(=O)C1. The summed E-state index contributed by atoms with van der Waals surface area (Å²) >= 11 is 0. The highest BCUT2D eigenvalue weighted by Gasteiger charge is 2.34. The molecule has 1 atom stereocenters. The molecule has 1 heterocycles. The third-order valence-corrected chi connectivity index (χ3v) is 6.29. The van der Waals surface area contributed by atoms with Crippen molar-refractivity contribution in [3.63, 3.8) is 0 Å². The molecule has 10 heteroatoms. The monoisotopic (exact) mass is 415 g/mol. The molecule has 2 rings (SSSR count). The van der Waals surface area contributed by atoms with E-state index in [2.05, 4.69) is 0 Å². The largest absolute Gasteiger partial charge is 0.493 e. The predicted octanol–water partition coefficient (Wildman–Crippen LogP) is 0.905. The third-order valence-electron chi connectivity index (χ3n) is 4.54. The summed E-state index contributed by atoms with van der Waals surface area (Å²) in [6.45, 7) is 1.60. The number of likely N-dealkylation sites (N-methyl/N-ethyl adjacent to an activating group) is 1. The second-order valence-corrected chi connectivity index (χ2v) is 8.46. The molecule has 1 aliphatic rings. The fourth-order valence-electron chi connectivity index (χ4n) is 3.15. The van der Waals surface area contributed by atoms with Crippen LogP contribution in [0.3, 0.4) is 0 Å². The van der Waals surface area contributed by atoms with Gasteiger partial charge in [-0.15, -0.1) is 0 Å². The summed E-state index contributed by atoms with van der Waals surface area (Å²) in [4.78, 5) is 26.3. The van der Waals surface area contributed by atoms with E-state index in [0.717, 1.165) is 0 Å². The zero-order valence-electron chi connectivity index (χ0n) is 16.4. The van der Waals surface area contributed by atoms with Crippen LogP contribution in [-0.2, 0) is 19.4 Å². The Hall–Kier alpha value is -2.49. The van der Waals surface area contributed by atoms with Crippen molar-refractivity contribution < 1.29 is 37.0 Å². The molecule has 156 valence electrons. The highest BCUT2D eigenvalue weighted by atomic mass is 32.2. The first-order valence-corrected chi connectivity index (χ1v) is 10.6. The summed E-state index contributed by atoms with van der Waals surface area (Å²) in [6.07, 6.45) is 0.392. The van der Waals surface area contributed by atoms with Crippen molar-refractivity contribution in [2.75, 3.05) is 46.0 Å². The van der Waals surface area contributed by atoms with Gasteiger partial charge in [-0.1, -0.05) is 0 Å². The Bertz CT molecular complexity index is 811. The molecule has 9 nitrogen and oxygen atoms in total. The topological polar surface area (TPSA) is 108 Å². The lowest BCUT2D eigenvalue weighted by Crippen LogP contribution is -2.43. The molecule has 1 aromatic rings. The number of sulfone groups is 1. The quantitative estimate of drug-likeness (QED) is 0.577. The van der Waals surface area contributed by atoms with E-state index in [1.54, 1.807) is 6.92 Å². The average Bonchev–Trinajstić information content (AvgIpc) is 3.04. The lowest BCUT2D eigenvalue weighted by atomic mass is 10.2. The summed E-state index contributed by atoms with van der Waals surface area (Å²) < 4.78 is 44.0. The maximum absolute atomic E-state index is 12.4. The number of carbonyl (C=O) groups excluding carboxylic acids is 2. The van der Waals surface area contributed by atoms with E-state index < -0.39 is 28.3 Å². The van der Waals surface area contributed by atoms with E-state index in [4.69, 9.17) is 18.9 Å². The maximum atomic E-state index is 12.4. The van der Waals surface area contributed by atoms with E-state index in [0.29, 0.717) is 18.7 Å². The molecule has 1 aliphatic heterocycles. The van der Waals surface area contributed by atoms with Gasteiger partial charge in [0.15, 0.2) is 27.9 Å². The maximum Gasteiger partial charge on any atom is 0.338 e. The summed E-state index contributed by atoms with van der Waals surface area (Å²) in [5, 5.41) is 0. The van der Waals surface area contributed by atoms with Crippen LogP contribution in [0.1, 0.15) is 23.7 Å². The van der Waals surface area contributed by atoms with Crippen molar-refractivity contribution in [2.24, 2.45) is 0 Å². The number of hydrogen-bond acceptors (Lipinski definition) is 8. The molecule has 0 aliphatic carbocycles. The summed E-state index contributed by atoms with van der Waals surface area (Å²) in [5.74, 6) is -0.275. The molecule has 1 aromatic carbocycles. The van der Waals surface area contributed by atoms with E-state index in [-0.39, 0.29) is 34.6 Å². The number of rotatable bonds is 8. The summed E-state index contributed by atoms with van der Waals surface area (Å²) in [6, 6.07) is 2.47. The predicted molar refractivity (Wildman–Crippen MR) is 101 cm³/mol. The smallest absolute Gasteiger partial charge is 0.338 e. The number of amides is 1. The Morgan fingerprint density at radius 1 is 1.11 bits per heavy atom. The minimum Gasteiger partial charge on any atom is -0.493 e. The second-order valence-electron chi connectivity index (χ2n) is 6.23. The standard InChI is InChI=1S/C18H25NO8S/c1-5-19(13-6-7-28(22,23)11-13)16(20)10-27-18(21)12-8-14(24-2)17(26-4)15(9-12)25-3/h8-9,13H,5-7,10-11H2,1-4H3/t13-/m1/s1. The van der Waals surface area contributed by atoms with Gasteiger partial charge in [0, 0.05) is 12.6 Å². The number of esters is 1. The lowest BCUT2D eigenvalue weighted by molar-refractivity contribution is -0.136. The van der Waals surface area contributed by atoms with Crippen LogP contribution in [0.5, 0.6) is 17.2 Å². The van der Waals surface area contributed by atoms with Crippen molar-refractivity contribution >= 4 is 21.7 Å². The number of methoxy groups -OCH3 is 3. The molecule has 1 amide bonds. The van der Waals surface area contributed by atoms with Gasteiger partial charge in [-0.3, -0.25) is 4.79 Å². The normalized spacial score (nSPS) is 17.6. The summed E-state index contributed by atoms with van der Waals surface area (Å²) in [5.41, 5.74) is 0.133. The first-order valence-electron chi connectivity index (χ1n) is 8.73. The zero-order valence-corrected chi connectivity index (χ0v) is 17.2. The number of hydrogen-bond donors (Lipinski definition) is 0. The first-order chi connectivity index (χ1) is 13.3. The van der Waals surface area contributed by atoms with Crippen LogP contribution in [0.25, 0.3) is 0 Å². The minimum absolute atomic E-state index is 0.0621. The van der Waals surface area contributed by atoms with Crippen LogP contribution in [0.4, 0.5) is 0 Å². The number of ether oxygens (including phenoxy) is 4. The van der Waals surface area contributed by atoms with Gasteiger partial charge in [-0.05, 0) is 25.5 Å². The molecule has 1 fully saturated rings. The van der Waals surface area contributed by atoms with Crippen LogP contribution < -0.4 is 14.2 Å². The molecule has 0 bridgehead atoms. The first kappa shape index (κ1) is 21.8. The fraction of sp³-hybridized carbons (Fsp3) is 0.556. The van der Waals surface area contributed by atoms with E-state index in [1.165, 1.54) is 38.4 Å². The van der Waals surface area contributed by atoms with Crippen molar-refractivity contribution in [1.82, 2.24) is 4.90 Å². The van der Waals surface area contributed by atoms with Gasteiger partial charge in [0.1, 0.15) is 0 Å². The van der Waals surface area contributed by atoms with Gasteiger partial charge < -0.3 is 23.8 Å². The van der Waals surface area contributed by atoms with E-state index >= 15 is 0 Å². The third kappa shape index (κ3) is 4.86. The molecule has 28 heavy (non-hydrogen) atoms. The molecule has 0 spiro atoms. The Balaban J connectivity index is 2.07. The van der Waals surface area contributed by atoms with Gasteiger partial charge >= 0.3 is 5.97 Å². The Morgan fingerprint density at radius 3 is 2.14 bits per heavy atom. The number of carbonyl (C=O) groups is 2. The van der Waals surface area contributed by atoms with Crippen molar-refractivity contribution in [3.8, 4) is 17.2 Å². The van der Waals surface area contributed by atoms with Gasteiger partial charge in [0.25, 0.3) is 5.91 Å². The van der Waals surface area contributed by atoms with Gasteiger partial charge in [0.05, 0.1) is 38.4 Å². The average molecular weight is 415 g/mol. The molecule has 0 unspecified atom stereocenters. The fourth-order valence-corrected chi connectivity index (χ4v) is 4.88. The minimum atomic E-state index is -3.12. The molecule has 0 radical (unpaired) electrons. The van der Waals surface area contributed by atoms with Crippen LogP contribution >= 0.6 is 0 Å². The van der Waals surface area contributed by atoms with E-state index in [9.17, 15) is 18.0 Å². The molecular formula is C18H25NO8S. The Labute approximate surface area is 164 Å². The second kappa shape index (κ2) is 9.13. The Morgan fingerprint density at radius 2 is 1.71 bits per heavy atom. The zero-order chi connectivity index (χ0) is 20.9. The van der Waals surface area contributed by atoms with Gasteiger partial charge in [-0.2, -0.15) is 0 Å². The van der Waals surface area contributed by atoms with Gasteiger partial charge in [-0.25, -0.2) is 13.2 Å². The van der Waals surface area contributed by atoms with Crippen molar-refractivity contribution in [1.29, 1.82) is 0 Å². The number of nitrogens with zero attached hydrogens (tertiary/aromatic N) is 1. The highest BCUT2D eigenvalue weighted by molar-refractivity contribution is 7.91. The molecule has 1 saturated heterocycles. The molecule has 0 saturated carbocycles.